The second-order valence-corrected chi connectivity index (χ2v) is 10.2. The van der Waals surface area contributed by atoms with Crippen molar-refractivity contribution < 1.29 is 43.8 Å². The van der Waals surface area contributed by atoms with Gasteiger partial charge in [0.05, 0.1) is 38.8 Å². The largest absolute Gasteiger partial charge is 0.496 e. The summed E-state index contributed by atoms with van der Waals surface area (Å²) in [5.74, 6) is -1.53. The van der Waals surface area contributed by atoms with Crippen LogP contribution in [0.5, 0.6) is 5.75 Å². The molecule has 14 heteroatoms. The van der Waals surface area contributed by atoms with Gasteiger partial charge in [-0.15, -0.1) is 0 Å². The standard InChI is InChI=1S/C23H28BN3O7.C8H7BO2/c1-13(26-22(30)14-8-9-15-12-34-24(32)17(15)10-14)21(25-2)23(31)27-18(11-20(28)29)16-6-4-5-7-19(16)33-3;9-8-3-6(4-10)1-2-7(8)5-11/h4-10,13,18,21,25,32H,11-12H2,1-3H3,(H,26,30)(H,27,31)(H,28,29);1-4,11H,5H2. The summed E-state index contributed by atoms with van der Waals surface area (Å²) >= 11 is 0. The fraction of sp³-hybridized carbons (Fsp3) is 0.290. The van der Waals surface area contributed by atoms with Gasteiger partial charge in [-0.25, -0.2) is 0 Å². The fourth-order valence-electron chi connectivity index (χ4n) is 4.80. The van der Waals surface area contributed by atoms with Crippen LogP contribution in [0.15, 0.2) is 60.7 Å². The zero-order valence-electron chi connectivity index (χ0n) is 25.2. The van der Waals surface area contributed by atoms with Crippen molar-refractivity contribution >= 4 is 50.0 Å². The minimum atomic E-state index is -1.08. The molecule has 3 aromatic carbocycles. The van der Waals surface area contributed by atoms with Crippen LogP contribution in [0, 0.1) is 0 Å². The predicted octanol–water partition coefficient (Wildman–Crippen LogP) is -0.263. The molecular weight excluding hydrogens is 580 g/mol. The highest BCUT2D eigenvalue weighted by atomic mass is 16.5. The van der Waals surface area contributed by atoms with Gasteiger partial charge in [-0.1, -0.05) is 47.9 Å². The van der Waals surface area contributed by atoms with E-state index in [0.717, 1.165) is 11.8 Å². The van der Waals surface area contributed by atoms with E-state index in [-0.39, 0.29) is 19.6 Å². The van der Waals surface area contributed by atoms with Gasteiger partial charge in [-0.2, -0.15) is 0 Å². The van der Waals surface area contributed by atoms with E-state index in [1.807, 2.05) is 0 Å². The van der Waals surface area contributed by atoms with Gasteiger partial charge in [0.15, 0.2) is 0 Å². The van der Waals surface area contributed by atoms with Crippen LogP contribution in [-0.4, -0.2) is 80.5 Å². The van der Waals surface area contributed by atoms with Crippen LogP contribution in [0.3, 0.4) is 0 Å². The van der Waals surface area contributed by atoms with Crippen molar-refractivity contribution in [1.82, 2.24) is 16.0 Å². The Hall–Kier alpha value is -4.49. The number of hydrogen-bond acceptors (Lipinski definition) is 9. The zero-order valence-corrected chi connectivity index (χ0v) is 25.2. The molecule has 1 aliphatic rings. The maximum atomic E-state index is 13.1. The zero-order chi connectivity index (χ0) is 33.1. The number of carboxylic acid groups (broad SMARTS) is 1. The number of amides is 2. The highest BCUT2D eigenvalue weighted by Gasteiger charge is 2.31. The number of nitrogens with one attached hydrogen (secondary N) is 3. The molecule has 0 aliphatic carbocycles. The van der Waals surface area contributed by atoms with Crippen molar-refractivity contribution in [2.24, 2.45) is 0 Å². The lowest BCUT2D eigenvalue weighted by atomic mass is 9.78. The molecule has 3 unspecified atom stereocenters. The minimum Gasteiger partial charge on any atom is -0.496 e. The molecule has 2 amide bonds. The first-order valence-corrected chi connectivity index (χ1v) is 14.0. The number of carbonyl (C=O) groups excluding carboxylic acids is 3. The van der Waals surface area contributed by atoms with Crippen LogP contribution < -0.4 is 31.6 Å². The Morgan fingerprint density at radius 3 is 2.47 bits per heavy atom. The van der Waals surface area contributed by atoms with Crippen LogP contribution in [-0.2, 0) is 27.5 Å². The SMILES string of the molecule is CNC(C(=O)NC(CC(=O)O)c1ccccc1OC)C(C)NC(=O)c1ccc2c(c1)B(O)OC2.[B]c1cc(C=O)ccc1CO. The monoisotopic (exact) mass is 615 g/mol. The van der Waals surface area contributed by atoms with E-state index in [2.05, 4.69) is 16.0 Å². The maximum absolute atomic E-state index is 13.1. The Balaban J connectivity index is 0.000000423. The van der Waals surface area contributed by atoms with Gasteiger partial charge in [0.1, 0.15) is 25.9 Å². The first-order chi connectivity index (χ1) is 21.5. The third-order valence-electron chi connectivity index (χ3n) is 7.21. The van der Waals surface area contributed by atoms with Crippen molar-refractivity contribution in [1.29, 1.82) is 0 Å². The molecule has 3 aromatic rings. The number of carbonyl (C=O) groups is 4. The average Bonchev–Trinajstić information content (AvgIpc) is 3.40. The smallest absolute Gasteiger partial charge is 0.491 e. The third-order valence-corrected chi connectivity index (χ3v) is 7.21. The molecule has 0 saturated heterocycles. The summed E-state index contributed by atoms with van der Waals surface area (Å²) in [5, 5.41) is 36.4. The van der Waals surface area contributed by atoms with Crippen LogP contribution in [0.2, 0.25) is 0 Å². The summed E-state index contributed by atoms with van der Waals surface area (Å²) < 4.78 is 10.5. The lowest BCUT2D eigenvalue weighted by Gasteiger charge is -2.27. The first kappa shape index (κ1) is 35.0. The molecule has 0 bridgehead atoms. The molecule has 1 aliphatic heterocycles. The lowest BCUT2D eigenvalue weighted by molar-refractivity contribution is -0.137. The lowest BCUT2D eigenvalue weighted by Crippen LogP contribution is -2.55. The van der Waals surface area contributed by atoms with Crippen molar-refractivity contribution in [3.63, 3.8) is 0 Å². The molecule has 0 saturated carbocycles. The average molecular weight is 615 g/mol. The summed E-state index contributed by atoms with van der Waals surface area (Å²) in [7, 11) is 7.46. The van der Waals surface area contributed by atoms with Crippen LogP contribution in [0.1, 0.15) is 56.8 Å². The van der Waals surface area contributed by atoms with E-state index in [9.17, 15) is 29.3 Å². The summed E-state index contributed by atoms with van der Waals surface area (Å²) in [4.78, 5) is 47.6. The van der Waals surface area contributed by atoms with Gasteiger partial charge >= 0.3 is 13.1 Å². The number of aliphatic hydroxyl groups excluding tert-OH is 1. The molecule has 45 heavy (non-hydrogen) atoms. The maximum Gasteiger partial charge on any atom is 0.491 e. The number of ether oxygens (including phenoxy) is 1. The number of hydrogen-bond donors (Lipinski definition) is 6. The molecule has 6 N–H and O–H groups in total. The van der Waals surface area contributed by atoms with Crippen molar-refractivity contribution in [3.05, 3.63) is 88.5 Å². The summed E-state index contributed by atoms with van der Waals surface area (Å²) in [5.41, 5.74) is 3.84. The van der Waals surface area contributed by atoms with E-state index in [1.165, 1.54) is 7.11 Å². The molecule has 12 nitrogen and oxygen atoms in total. The molecule has 4 rings (SSSR count). The van der Waals surface area contributed by atoms with Gasteiger partial charge in [0.25, 0.3) is 5.91 Å². The van der Waals surface area contributed by atoms with Crippen molar-refractivity contribution in [2.45, 2.75) is 44.7 Å². The van der Waals surface area contributed by atoms with Gasteiger partial charge in [-0.05, 0) is 48.8 Å². The van der Waals surface area contributed by atoms with E-state index >= 15 is 0 Å². The molecule has 234 valence electrons. The third kappa shape index (κ3) is 9.25. The molecular formula is C31H35B2N3O9. The Bertz CT molecular complexity index is 1520. The Morgan fingerprint density at radius 1 is 1.11 bits per heavy atom. The normalized spacial score (nSPS) is 13.8. The van der Waals surface area contributed by atoms with Crippen molar-refractivity contribution in [3.8, 4) is 5.75 Å². The molecule has 1 heterocycles. The quantitative estimate of drug-likeness (QED) is 0.117. The van der Waals surface area contributed by atoms with E-state index in [4.69, 9.17) is 22.3 Å². The van der Waals surface area contributed by atoms with Crippen LogP contribution in [0.25, 0.3) is 0 Å². The topological polar surface area (TPSA) is 184 Å². The van der Waals surface area contributed by atoms with E-state index < -0.39 is 43.0 Å². The number of aliphatic hydroxyl groups is 1. The Kier molecular flexibility index (Phi) is 12.9. The van der Waals surface area contributed by atoms with Crippen LogP contribution in [0.4, 0.5) is 0 Å². The number of likely N-dealkylation sites (N-methyl/N-ethyl adjacent to an activating group) is 1. The van der Waals surface area contributed by atoms with Gasteiger partial charge in [-0.3, -0.25) is 19.2 Å². The van der Waals surface area contributed by atoms with Crippen molar-refractivity contribution in [2.75, 3.05) is 14.2 Å². The number of benzene rings is 3. The number of fused-ring (bicyclic) bond motifs is 1. The summed E-state index contributed by atoms with van der Waals surface area (Å²) in [6.45, 7) is 1.85. The van der Waals surface area contributed by atoms with Gasteiger partial charge in [0, 0.05) is 16.7 Å². The molecule has 3 atom stereocenters. The number of para-hydroxylation sites is 1. The highest BCUT2D eigenvalue weighted by Crippen LogP contribution is 2.27. The minimum absolute atomic E-state index is 0.0923. The fourth-order valence-corrected chi connectivity index (χ4v) is 4.80. The second-order valence-electron chi connectivity index (χ2n) is 10.2. The van der Waals surface area contributed by atoms with Gasteiger partial charge < -0.3 is 40.6 Å². The number of aldehydes is 1. The highest BCUT2D eigenvalue weighted by molar-refractivity contribution is 6.61. The number of rotatable bonds is 12. The Morgan fingerprint density at radius 2 is 1.84 bits per heavy atom. The molecule has 2 radical (unpaired) electrons. The predicted molar refractivity (Wildman–Crippen MR) is 168 cm³/mol. The number of carboxylic acids is 1. The van der Waals surface area contributed by atoms with E-state index in [0.29, 0.717) is 38.9 Å². The second kappa shape index (κ2) is 16.5. The first-order valence-electron chi connectivity index (χ1n) is 14.0. The number of methoxy groups -OCH3 is 1. The Labute approximate surface area is 262 Å². The number of aliphatic carboxylic acids is 1. The molecule has 0 aromatic heterocycles. The van der Waals surface area contributed by atoms with Gasteiger partial charge in [0.2, 0.25) is 5.91 Å². The van der Waals surface area contributed by atoms with E-state index in [1.54, 1.807) is 74.6 Å². The molecule has 0 fully saturated rings. The van der Waals surface area contributed by atoms with Crippen LogP contribution >= 0.6 is 0 Å². The molecule has 0 spiro atoms. The summed E-state index contributed by atoms with van der Waals surface area (Å²) in [6.07, 6.45) is 0.375. The summed E-state index contributed by atoms with van der Waals surface area (Å²) in [6, 6.07) is 14.2.